The number of amides is 3. The Labute approximate surface area is 361 Å². The number of ether oxygens (including phenoxy) is 3. The first kappa shape index (κ1) is 60.3. The van der Waals surface area contributed by atoms with Crippen LogP contribution in [0.1, 0.15) is 108 Å². The number of rotatable bonds is 21. The van der Waals surface area contributed by atoms with E-state index >= 15 is 0 Å². The van der Waals surface area contributed by atoms with Gasteiger partial charge in [-0.1, -0.05) is 80.5 Å². The molecular formula is C45H82FN7O7. The fourth-order valence-corrected chi connectivity index (χ4v) is 5.04. The van der Waals surface area contributed by atoms with Crippen molar-refractivity contribution in [3.63, 3.8) is 0 Å². The second kappa shape index (κ2) is 41.8. The molecule has 2 aromatic carbocycles. The van der Waals surface area contributed by atoms with Crippen LogP contribution in [0, 0.1) is 12.7 Å². The topological polar surface area (TPSA) is 194 Å². The predicted molar refractivity (Wildman–Crippen MR) is 244 cm³/mol. The molecule has 1 aliphatic rings. The van der Waals surface area contributed by atoms with Crippen LogP contribution in [0.4, 0.5) is 10.1 Å². The summed E-state index contributed by atoms with van der Waals surface area (Å²) in [5.74, 6) is -2.16. The number of likely N-dealkylation sites (tertiary alicyclic amines) is 1. The van der Waals surface area contributed by atoms with Crippen LogP contribution in [0.25, 0.3) is 0 Å². The van der Waals surface area contributed by atoms with E-state index in [0.29, 0.717) is 88.1 Å². The molecule has 346 valence electrons. The molecule has 1 aliphatic heterocycles. The predicted octanol–water partition coefficient (Wildman–Crippen LogP) is 5.95. The summed E-state index contributed by atoms with van der Waals surface area (Å²) in [6, 6.07) is 9.85. The molecule has 2 aromatic rings. The molecule has 15 heteroatoms. The Bertz CT molecular complexity index is 1390. The number of hydrogen-bond acceptors (Lipinski definition) is 11. The number of hydrogen-bond donors (Lipinski definition) is 6. The van der Waals surface area contributed by atoms with Crippen LogP contribution in [-0.4, -0.2) is 119 Å². The van der Waals surface area contributed by atoms with Gasteiger partial charge >= 0.3 is 11.8 Å². The molecule has 0 atom stereocenters. The average molecular weight is 852 g/mol. The van der Waals surface area contributed by atoms with Crippen LogP contribution in [0.2, 0.25) is 0 Å². The number of halogens is 1. The van der Waals surface area contributed by atoms with Crippen molar-refractivity contribution in [3.8, 4) is 0 Å². The van der Waals surface area contributed by atoms with E-state index in [1.807, 2.05) is 68.5 Å². The van der Waals surface area contributed by atoms with E-state index in [1.54, 1.807) is 31.2 Å². The SMILES string of the molecule is C=C(N)COCCOCOCCN(C)CCCNC(=O)C(=O)NCc1ccc(C(=O)Nc2ccc(C)c(F)c2)cc1CN1CCCCC1.CC.CC.CC.CC.NCCO. The van der Waals surface area contributed by atoms with Crippen LogP contribution in [0.15, 0.2) is 48.7 Å². The van der Waals surface area contributed by atoms with Crippen molar-refractivity contribution in [1.29, 1.82) is 0 Å². The Morgan fingerprint density at radius 1 is 0.850 bits per heavy atom. The van der Waals surface area contributed by atoms with Gasteiger partial charge in [0.1, 0.15) is 12.6 Å². The molecule has 1 heterocycles. The standard InChI is InChI=1S/C35H51FN6O6.C2H7NO.4C2H6/c1-26-8-11-31(21-32(26)36)40-33(43)28-9-10-29(30(20-28)23-42-14-5-4-6-15-42)22-39-35(45)34(44)38-12-7-13-41(3)16-17-47-25-48-19-18-46-24-27(2)37;3-1-2-4;4*1-2/h8-11,20-21H,2,4-7,12-19,22-25,37H2,1,3H3,(H,38,44)(H,39,45)(H,40,43);4H,1-3H2;4*1-2H3. The second-order valence-electron chi connectivity index (χ2n) is 12.5. The minimum Gasteiger partial charge on any atom is -0.401 e. The molecule has 3 rings (SSSR count). The molecule has 0 spiro atoms. The van der Waals surface area contributed by atoms with Crippen molar-refractivity contribution in [1.82, 2.24) is 20.4 Å². The zero-order valence-electron chi connectivity index (χ0n) is 38.7. The number of aryl methyl sites for hydroxylation is 1. The number of anilines is 1. The van der Waals surface area contributed by atoms with Crippen LogP contribution in [-0.2, 0) is 36.9 Å². The molecule has 3 amide bonds. The summed E-state index contributed by atoms with van der Waals surface area (Å²) in [6.07, 6.45) is 4.06. The van der Waals surface area contributed by atoms with Gasteiger partial charge in [-0.05, 0) is 93.8 Å². The molecule has 14 nitrogen and oxygen atoms in total. The molecule has 0 saturated carbocycles. The zero-order valence-corrected chi connectivity index (χ0v) is 38.7. The third-order valence-electron chi connectivity index (χ3n) is 7.96. The van der Waals surface area contributed by atoms with Crippen molar-refractivity contribution in [2.45, 2.75) is 101 Å². The Kier molecular flexibility index (Phi) is 42.0. The minimum atomic E-state index is -0.720. The molecule has 8 N–H and O–H groups in total. The van der Waals surface area contributed by atoms with Gasteiger partial charge in [-0.15, -0.1) is 0 Å². The van der Waals surface area contributed by atoms with Gasteiger partial charge in [0.15, 0.2) is 0 Å². The van der Waals surface area contributed by atoms with Crippen LogP contribution < -0.4 is 27.4 Å². The Morgan fingerprint density at radius 3 is 2.05 bits per heavy atom. The monoisotopic (exact) mass is 852 g/mol. The molecule has 1 fully saturated rings. The lowest BCUT2D eigenvalue weighted by atomic mass is 10.0. The Hall–Kier alpha value is -3.96. The maximum absolute atomic E-state index is 14.0. The van der Waals surface area contributed by atoms with Crippen molar-refractivity contribution in [3.05, 3.63) is 76.7 Å². The van der Waals surface area contributed by atoms with E-state index in [2.05, 4.69) is 32.3 Å². The van der Waals surface area contributed by atoms with Gasteiger partial charge in [-0.3, -0.25) is 19.3 Å². The molecule has 1 saturated heterocycles. The van der Waals surface area contributed by atoms with Gasteiger partial charge in [0.25, 0.3) is 5.91 Å². The van der Waals surface area contributed by atoms with Crippen LogP contribution >= 0.6 is 0 Å². The number of aliphatic hydroxyl groups excluding tert-OH is 1. The number of carbonyl (C=O) groups is 3. The molecular weight excluding hydrogens is 770 g/mol. The molecule has 0 radical (unpaired) electrons. The van der Waals surface area contributed by atoms with Gasteiger partial charge < -0.3 is 51.6 Å². The minimum absolute atomic E-state index is 0.0972. The first-order valence-electron chi connectivity index (χ1n) is 21.7. The van der Waals surface area contributed by atoms with Crippen LogP contribution in [0.3, 0.4) is 0 Å². The summed E-state index contributed by atoms with van der Waals surface area (Å²) in [5.41, 5.74) is 13.7. The van der Waals surface area contributed by atoms with Gasteiger partial charge in [-0.25, -0.2) is 4.39 Å². The van der Waals surface area contributed by atoms with Crippen molar-refractivity contribution in [2.24, 2.45) is 11.5 Å². The normalized spacial score (nSPS) is 11.6. The molecule has 60 heavy (non-hydrogen) atoms. The number of nitrogens with zero attached hydrogens (tertiary/aromatic N) is 2. The van der Waals surface area contributed by atoms with Gasteiger partial charge in [0.2, 0.25) is 0 Å². The molecule has 0 bridgehead atoms. The highest BCUT2D eigenvalue weighted by atomic mass is 19.1. The molecule has 0 unspecified atom stereocenters. The maximum atomic E-state index is 14.0. The number of carbonyl (C=O) groups excluding carboxylic acids is 3. The number of likely N-dealkylation sites (N-methyl/N-ethyl adjacent to an activating group) is 1. The average Bonchev–Trinajstić information content (AvgIpc) is 3.28. The first-order chi connectivity index (χ1) is 29.0. The summed E-state index contributed by atoms with van der Waals surface area (Å²) in [4.78, 5) is 42.5. The Morgan fingerprint density at radius 2 is 1.45 bits per heavy atom. The highest BCUT2D eigenvalue weighted by Gasteiger charge is 2.18. The number of aliphatic hydroxyl groups is 1. The summed E-state index contributed by atoms with van der Waals surface area (Å²) in [5, 5.41) is 15.9. The largest absolute Gasteiger partial charge is 0.401 e. The summed E-state index contributed by atoms with van der Waals surface area (Å²) in [6.45, 7) is 27.9. The fourth-order valence-electron chi connectivity index (χ4n) is 5.04. The van der Waals surface area contributed by atoms with Gasteiger partial charge in [0, 0.05) is 49.7 Å². The van der Waals surface area contributed by atoms with Gasteiger partial charge in [-0.2, -0.15) is 0 Å². The van der Waals surface area contributed by atoms with E-state index in [-0.39, 0.29) is 25.9 Å². The molecule has 0 aliphatic carbocycles. The maximum Gasteiger partial charge on any atom is 0.309 e. The smallest absolute Gasteiger partial charge is 0.309 e. The second-order valence-corrected chi connectivity index (χ2v) is 12.5. The highest BCUT2D eigenvalue weighted by Crippen LogP contribution is 2.20. The third-order valence-corrected chi connectivity index (χ3v) is 7.96. The van der Waals surface area contributed by atoms with E-state index in [4.69, 9.17) is 30.8 Å². The lowest BCUT2D eigenvalue weighted by Gasteiger charge is -2.27. The number of piperidine rings is 1. The quantitative estimate of drug-likeness (QED) is 0.0494. The lowest BCUT2D eigenvalue weighted by molar-refractivity contribution is -0.139. The fraction of sp³-hybridized carbons (Fsp3) is 0.622. The van der Waals surface area contributed by atoms with Crippen molar-refractivity contribution >= 4 is 23.4 Å². The summed E-state index contributed by atoms with van der Waals surface area (Å²) in [7, 11) is 1.95. The number of nitrogens with two attached hydrogens (primary N) is 2. The van der Waals surface area contributed by atoms with Crippen molar-refractivity contribution in [2.75, 3.05) is 91.5 Å². The van der Waals surface area contributed by atoms with Crippen molar-refractivity contribution < 1.29 is 38.1 Å². The van der Waals surface area contributed by atoms with E-state index in [1.165, 1.54) is 12.5 Å². The number of benzene rings is 2. The lowest BCUT2D eigenvalue weighted by Crippen LogP contribution is -2.40. The third kappa shape index (κ3) is 30.1. The summed E-state index contributed by atoms with van der Waals surface area (Å²) >= 11 is 0. The Balaban J connectivity index is -0.00000244. The van der Waals surface area contributed by atoms with E-state index in [0.717, 1.165) is 37.1 Å². The highest BCUT2D eigenvalue weighted by molar-refractivity contribution is 6.35. The van der Waals surface area contributed by atoms with E-state index in [9.17, 15) is 18.8 Å². The van der Waals surface area contributed by atoms with Crippen LogP contribution in [0.5, 0.6) is 0 Å². The zero-order chi connectivity index (χ0) is 46.1. The first-order valence-corrected chi connectivity index (χ1v) is 21.7. The summed E-state index contributed by atoms with van der Waals surface area (Å²) < 4.78 is 30.0. The van der Waals surface area contributed by atoms with Gasteiger partial charge in [0.05, 0.1) is 33.0 Å². The molecule has 0 aromatic heterocycles. The number of nitrogens with one attached hydrogen (secondary N) is 3. The van der Waals surface area contributed by atoms with E-state index < -0.39 is 17.6 Å².